The van der Waals surface area contributed by atoms with E-state index in [2.05, 4.69) is 4.74 Å². The van der Waals surface area contributed by atoms with Gasteiger partial charge in [-0.15, -0.1) is 13.2 Å². The number of aliphatic hydroxyl groups is 1. The van der Waals surface area contributed by atoms with E-state index < -0.39 is 35.6 Å². The van der Waals surface area contributed by atoms with Crippen LogP contribution >= 0.6 is 0 Å². The molecule has 1 saturated heterocycles. The van der Waals surface area contributed by atoms with Gasteiger partial charge in [-0.05, 0) is 67.9 Å². The Kier molecular flexibility index (Phi) is 7.34. The largest absolute Gasteiger partial charge is 0.573 e. The van der Waals surface area contributed by atoms with Crippen LogP contribution in [0.3, 0.4) is 0 Å². The molecule has 0 aliphatic carbocycles. The zero-order chi connectivity index (χ0) is 27.6. The number of amides is 1. The van der Waals surface area contributed by atoms with E-state index in [1.807, 2.05) is 13.8 Å². The van der Waals surface area contributed by atoms with Gasteiger partial charge in [0.2, 0.25) is 0 Å². The summed E-state index contributed by atoms with van der Waals surface area (Å²) in [6.45, 7) is 3.72. The molecule has 1 aliphatic rings. The molecule has 0 saturated carbocycles. The molecule has 0 bridgehead atoms. The first-order valence-corrected chi connectivity index (χ1v) is 11.6. The molecule has 1 heterocycles. The van der Waals surface area contributed by atoms with Crippen molar-refractivity contribution in [2.24, 2.45) is 0 Å². The molecule has 38 heavy (non-hydrogen) atoms. The Morgan fingerprint density at radius 3 is 2.13 bits per heavy atom. The van der Waals surface area contributed by atoms with Gasteiger partial charge in [-0.3, -0.25) is 14.5 Å². The number of anilines is 1. The number of halogens is 3. The Bertz CT molecular complexity index is 1360. The highest BCUT2D eigenvalue weighted by atomic mass is 19.4. The zero-order valence-corrected chi connectivity index (χ0v) is 20.7. The van der Waals surface area contributed by atoms with Gasteiger partial charge in [0.25, 0.3) is 11.7 Å². The Hall–Kier alpha value is -4.47. The number of ether oxygens (including phenoxy) is 3. The van der Waals surface area contributed by atoms with Crippen molar-refractivity contribution in [2.75, 3.05) is 12.0 Å². The SMILES string of the molecule is COc1ccc(C2/C(=C(\O)c3ccc(OC(C)C)cc3)C(=O)C(=O)N2c2cccc(OC(F)(F)F)c2)cc1. The summed E-state index contributed by atoms with van der Waals surface area (Å²) in [6.07, 6.45) is -5.03. The summed E-state index contributed by atoms with van der Waals surface area (Å²) >= 11 is 0. The average molecular weight is 527 g/mol. The van der Waals surface area contributed by atoms with Crippen molar-refractivity contribution in [1.82, 2.24) is 0 Å². The minimum absolute atomic E-state index is 0.0191. The van der Waals surface area contributed by atoms with Crippen LogP contribution in [-0.4, -0.2) is 36.4 Å². The van der Waals surface area contributed by atoms with Gasteiger partial charge in [0.1, 0.15) is 23.0 Å². The van der Waals surface area contributed by atoms with Gasteiger partial charge in [0.05, 0.1) is 24.8 Å². The van der Waals surface area contributed by atoms with Crippen LogP contribution in [0.4, 0.5) is 18.9 Å². The van der Waals surface area contributed by atoms with Gasteiger partial charge in [-0.25, -0.2) is 0 Å². The average Bonchev–Trinajstić information content (AvgIpc) is 3.13. The number of hydrogen-bond donors (Lipinski definition) is 1. The lowest BCUT2D eigenvalue weighted by molar-refractivity contribution is -0.274. The number of benzene rings is 3. The van der Waals surface area contributed by atoms with Crippen LogP contribution < -0.4 is 19.1 Å². The summed E-state index contributed by atoms with van der Waals surface area (Å²) < 4.78 is 53.3. The highest BCUT2D eigenvalue weighted by Gasteiger charge is 2.47. The van der Waals surface area contributed by atoms with Crippen LogP contribution in [0.1, 0.15) is 31.0 Å². The molecular weight excluding hydrogens is 503 g/mol. The van der Waals surface area contributed by atoms with Crippen molar-refractivity contribution in [3.63, 3.8) is 0 Å². The summed E-state index contributed by atoms with van der Waals surface area (Å²) in [5.41, 5.74) is 0.439. The van der Waals surface area contributed by atoms with E-state index in [0.29, 0.717) is 17.1 Å². The molecular formula is C28H24F3NO6. The summed E-state index contributed by atoms with van der Waals surface area (Å²) in [4.78, 5) is 27.6. The lowest BCUT2D eigenvalue weighted by atomic mass is 9.95. The van der Waals surface area contributed by atoms with E-state index in [9.17, 15) is 27.9 Å². The third kappa shape index (κ3) is 5.59. The number of nitrogens with zero attached hydrogens (tertiary/aromatic N) is 1. The van der Waals surface area contributed by atoms with Crippen molar-refractivity contribution < 1.29 is 42.1 Å². The fourth-order valence-corrected chi connectivity index (χ4v) is 4.15. The Morgan fingerprint density at radius 1 is 0.921 bits per heavy atom. The highest BCUT2D eigenvalue weighted by molar-refractivity contribution is 6.51. The normalized spacial score (nSPS) is 17.1. The molecule has 4 rings (SSSR count). The molecule has 10 heteroatoms. The molecule has 1 N–H and O–H groups in total. The Morgan fingerprint density at radius 2 is 1.55 bits per heavy atom. The predicted octanol–water partition coefficient (Wildman–Crippen LogP) is 6.01. The number of carbonyl (C=O) groups excluding carboxylic acids is 2. The van der Waals surface area contributed by atoms with Crippen LogP contribution in [-0.2, 0) is 9.59 Å². The first-order valence-electron chi connectivity index (χ1n) is 11.6. The third-order valence-corrected chi connectivity index (χ3v) is 5.70. The number of hydrogen-bond acceptors (Lipinski definition) is 6. The second-order valence-electron chi connectivity index (χ2n) is 8.68. The maximum absolute atomic E-state index is 13.3. The molecule has 3 aromatic carbocycles. The molecule has 1 fully saturated rings. The van der Waals surface area contributed by atoms with Gasteiger partial charge in [0, 0.05) is 17.3 Å². The molecule has 1 unspecified atom stereocenters. The van der Waals surface area contributed by atoms with Gasteiger partial charge in [0.15, 0.2) is 0 Å². The molecule has 0 aromatic heterocycles. The van der Waals surface area contributed by atoms with Gasteiger partial charge in [-0.1, -0.05) is 18.2 Å². The van der Waals surface area contributed by atoms with Gasteiger partial charge < -0.3 is 19.3 Å². The van der Waals surface area contributed by atoms with E-state index >= 15 is 0 Å². The van der Waals surface area contributed by atoms with E-state index in [-0.39, 0.29) is 22.9 Å². The first-order chi connectivity index (χ1) is 18.0. The van der Waals surface area contributed by atoms with Crippen molar-refractivity contribution in [3.05, 3.63) is 89.5 Å². The lowest BCUT2D eigenvalue weighted by Crippen LogP contribution is -2.29. The highest BCUT2D eigenvalue weighted by Crippen LogP contribution is 2.43. The number of alkyl halides is 3. The number of aliphatic hydroxyl groups excluding tert-OH is 1. The molecule has 198 valence electrons. The number of rotatable bonds is 7. The molecule has 0 spiro atoms. The van der Waals surface area contributed by atoms with E-state index in [1.54, 1.807) is 48.5 Å². The fourth-order valence-electron chi connectivity index (χ4n) is 4.15. The van der Waals surface area contributed by atoms with E-state index in [1.165, 1.54) is 19.2 Å². The quantitative estimate of drug-likeness (QED) is 0.230. The van der Waals surface area contributed by atoms with Crippen LogP contribution in [0.5, 0.6) is 17.2 Å². The van der Waals surface area contributed by atoms with Crippen molar-refractivity contribution in [1.29, 1.82) is 0 Å². The van der Waals surface area contributed by atoms with Crippen molar-refractivity contribution >= 4 is 23.1 Å². The standard InChI is InChI=1S/C28H24F3NO6/c1-16(2)37-21-13-9-18(10-14-21)25(33)23-24(17-7-11-20(36-3)12-8-17)32(27(35)26(23)34)19-5-4-6-22(15-19)38-28(29,30)31/h4-16,24,33H,1-3H3/b25-23+. The van der Waals surface area contributed by atoms with Crippen LogP contribution in [0.25, 0.3) is 5.76 Å². The summed E-state index contributed by atoms with van der Waals surface area (Å²) in [5, 5.41) is 11.2. The molecule has 0 radical (unpaired) electrons. The first kappa shape index (κ1) is 26.6. The second kappa shape index (κ2) is 10.5. The number of Topliss-reactive ketones (excluding diaryl/α,β-unsaturated/α-hetero) is 1. The number of ketones is 1. The molecule has 1 atom stereocenters. The number of methoxy groups -OCH3 is 1. The minimum Gasteiger partial charge on any atom is -0.507 e. The third-order valence-electron chi connectivity index (χ3n) is 5.70. The van der Waals surface area contributed by atoms with Crippen molar-refractivity contribution in [2.45, 2.75) is 32.4 Å². The topological polar surface area (TPSA) is 85.3 Å². The fraction of sp³-hybridized carbons (Fsp3) is 0.214. The second-order valence-corrected chi connectivity index (χ2v) is 8.68. The van der Waals surface area contributed by atoms with Gasteiger partial charge >= 0.3 is 6.36 Å². The zero-order valence-electron chi connectivity index (χ0n) is 20.7. The smallest absolute Gasteiger partial charge is 0.507 e. The maximum Gasteiger partial charge on any atom is 0.573 e. The monoisotopic (exact) mass is 527 g/mol. The summed E-state index contributed by atoms with van der Waals surface area (Å²) in [7, 11) is 1.47. The Labute approximate surface area is 216 Å². The van der Waals surface area contributed by atoms with Crippen LogP contribution in [0.15, 0.2) is 78.4 Å². The predicted molar refractivity (Wildman–Crippen MR) is 133 cm³/mol. The number of carbonyl (C=O) groups is 2. The van der Waals surface area contributed by atoms with Gasteiger partial charge in [-0.2, -0.15) is 0 Å². The summed E-state index contributed by atoms with van der Waals surface area (Å²) in [5.74, 6) is -1.96. The van der Waals surface area contributed by atoms with Crippen molar-refractivity contribution in [3.8, 4) is 17.2 Å². The molecule has 3 aromatic rings. The van der Waals surface area contributed by atoms with Crippen LogP contribution in [0, 0.1) is 0 Å². The summed E-state index contributed by atoms with van der Waals surface area (Å²) in [6, 6.07) is 16.3. The molecule has 7 nitrogen and oxygen atoms in total. The maximum atomic E-state index is 13.3. The molecule has 1 amide bonds. The minimum atomic E-state index is -4.95. The van der Waals surface area contributed by atoms with Crippen LogP contribution in [0.2, 0.25) is 0 Å². The van der Waals surface area contributed by atoms with E-state index in [4.69, 9.17) is 9.47 Å². The van der Waals surface area contributed by atoms with E-state index in [0.717, 1.165) is 17.0 Å². The molecule has 1 aliphatic heterocycles. The Balaban J connectivity index is 1.85. The lowest BCUT2D eigenvalue weighted by Gasteiger charge is -2.26.